The van der Waals surface area contributed by atoms with Crippen molar-refractivity contribution in [3.05, 3.63) is 0 Å². The second-order valence-electron chi connectivity index (χ2n) is 4.17. The first-order chi connectivity index (χ1) is 7.79. The van der Waals surface area contributed by atoms with Crippen molar-refractivity contribution >= 4 is 27.6 Å². The van der Waals surface area contributed by atoms with Crippen LogP contribution in [0.3, 0.4) is 0 Å². The van der Waals surface area contributed by atoms with Gasteiger partial charge >= 0.3 is 29.6 Å². The summed E-state index contributed by atoms with van der Waals surface area (Å²) in [6.07, 6.45) is 0.411. The Morgan fingerprint density at radius 3 is 2.56 bits per heavy atom. The second kappa shape index (κ2) is 8.08. The quantitative estimate of drug-likeness (QED) is 0.472. The Labute approximate surface area is 133 Å². The van der Waals surface area contributed by atoms with E-state index in [4.69, 9.17) is 0 Å². The fourth-order valence-corrected chi connectivity index (χ4v) is 3.41. The Morgan fingerprint density at radius 2 is 2.17 bits per heavy atom. The van der Waals surface area contributed by atoms with Crippen molar-refractivity contribution in [1.29, 1.82) is 0 Å². The molecule has 1 aliphatic heterocycles. The molecular formula is C9H16NNaO5S2. The van der Waals surface area contributed by atoms with Crippen LogP contribution in [-0.4, -0.2) is 61.2 Å². The van der Waals surface area contributed by atoms with Crippen LogP contribution in [0.4, 0.5) is 0 Å². The summed E-state index contributed by atoms with van der Waals surface area (Å²) in [4.78, 5) is 10.9. The van der Waals surface area contributed by atoms with Gasteiger partial charge in [0, 0.05) is 29.8 Å². The summed E-state index contributed by atoms with van der Waals surface area (Å²) >= 11 is 1.52. The van der Waals surface area contributed by atoms with Gasteiger partial charge in [0.1, 0.15) is 9.84 Å². The van der Waals surface area contributed by atoms with Crippen LogP contribution in [0.2, 0.25) is 0 Å². The molecule has 1 heterocycles. The normalized spacial score (nSPS) is 25.4. The molecule has 1 saturated heterocycles. The molecule has 9 heteroatoms. The zero-order valence-corrected chi connectivity index (χ0v) is 14.1. The molecule has 1 rings (SSSR count). The number of carbonyl (C=O) groups excluding carboxylic acids is 1. The number of carbonyl (C=O) groups is 1. The number of sulfone groups is 1. The Hall–Kier alpha value is 0.690. The van der Waals surface area contributed by atoms with E-state index in [1.54, 1.807) is 0 Å². The first-order valence-electron chi connectivity index (χ1n) is 5.20. The topological polar surface area (TPSA) is 107 Å². The molecule has 2 unspecified atom stereocenters. The fraction of sp³-hybridized carbons (Fsp3) is 0.889. The van der Waals surface area contributed by atoms with Crippen molar-refractivity contribution in [3.63, 3.8) is 0 Å². The van der Waals surface area contributed by atoms with E-state index in [1.807, 2.05) is 0 Å². The summed E-state index contributed by atoms with van der Waals surface area (Å²) in [5, 5.41) is 23.1. The first kappa shape index (κ1) is 18.7. The largest absolute Gasteiger partial charge is 1.00 e. The van der Waals surface area contributed by atoms with Crippen LogP contribution < -0.4 is 40.0 Å². The predicted molar refractivity (Wildman–Crippen MR) is 63.4 cm³/mol. The number of hydrogen-bond donors (Lipinski definition) is 2. The fourth-order valence-electron chi connectivity index (χ4n) is 1.56. The molecule has 0 aliphatic carbocycles. The van der Waals surface area contributed by atoms with Crippen molar-refractivity contribution in [2.24, 2.45) is 0 Å². The van der Waals surface area contributed by atoms with E-state index in [0.29, 0.717) is 11.5 Å². The number of aliphatic carboxylic acids is 1. The van der Waals surface area contributed by atoms with E-state index in [-0.39, 0.29) is 47.8 Å². The Balaban J connectivity index is 0.00000289. The summed E-state index contributed by atoms with van der Waals surface area (Å²) in [7, 11) is -3.20. The third-order valence-electron chi connectivity index (χ3n) is 2.53. The number of nitrogens with one attached hydrogen (secondary N) is 1. The van der Waals surface area contributed by atoms with Crippen molar-refractivity contribution in [1.82, 2.24) is 5.32 Å². The van der Waals surface area contributed by atoms with E-state index in [9.17, 15) is 23.4 Å². The Kier molecular flexibility index (Phi) is 8.39. The predicted octanol–water partition coefficient (Wildman–Crippen LogP) is -5.39. The molecule has 18 heavy (non-hydrogen) atoms. The molecule has 0 spiro atoms. The molecular weight excluding hydrogens is 289 g/mol. The third kappa shape index (κ3) is 6.74. The standard InChI is InChI=1S/C9H17NO5S2.Na/c1-17(14,15)3-2-6(9(12)13)10-7-4-16-5-8(7)11;/h6-8,10-11H,2-5H2,1H3,(H,12,13);/q;+1/p-1/t6-,7?,8?;/m0./s1. The van der Waals surface area contributed by atoms with E-state index >= 15 is 0 Å². The summed E-state index contributed by atoms with van der Waals surface area (Å²) < 4.78 is 21.9. The van der Waals surface area contributed by atoms with Gasteiger partial charge in [-0.15, -0.1) is 0 Å². The first-order valence-corrected chi connectivity index (χ1v) is 8.41. The van der Waals surface area contributed by atoms with Gasteiger partial charge in [0.25, 0.3) is 0 Å². The van der Waals surface area contributed by atoms with Gasteiger partial charge < -0.3 is 20.3 Å². The van der Waals surface area contributed by atoms with Gasteiger partial charge in [0.15, 0.2) is 0 Å². The summed E-state index contributed by atoms with van der Waals surface area (Å²) in [6, 6.07) is -1.36. The minimum Gasteiger partial charge on any atom is -0.548 e. The maximum atomic E-state index is 11.0. The number of aliphatic hydroxyl groups excluding tert-OH is 1. The molecule has 0 bridgehead atoms. The van der Waals surface area contributed by atoms with Crippen molar-refractivity contribution in [3.8, 4) is 0 Å². The van der Waals surface area contributed by atoms with Gasteiger partial charge in [-0.05, 0) is 6.42 Å². The molecule has 0 saturated carbocycles. The van der Waals surface area contributed by atoms with E-state index in [1.165, 1.54) is 11.8 Å². The molecule has 0 aromatic carbocycles. The Morgan fingerprint density at radius 1 is 1.56 bits per heavy atom. The molecule has 2 N–H and O–H groups in total. The van der Waals surface area contributed by atoms with Gasteiger partial charge in [-0.1, -0.05) is 0 Å². The van der Waals surface area contributed by atoms with E-state index in [0.717, 1.165) is 6.26 Å². The number of rotatable bonds is 6. The van der Waals surface area contributed by atoms with Crippen LogP contribution in [0.25, 0.3) is 0 Å². The van der Waals surface area contributed by atoms with E-state index in [2.05, 4.69) is 5.32 Å². The molecule has 0 aromatic heterocycles. The van der Waals surface area contributed by atoms with Crippen LogP contribution in [0.1, 0.15) is 6.42 Å². The Bertz CT molecular complexity index is 375. The van der Waals surface area contributed by atoms with Gasteiger partial charge in [-0.25, -0.2) is 8.42 Å². The smallest absolute Gasteiger partial charge is 0.548 e. The third-order valence-corrected chi connectivity index (χ3v) is 4.68. The SMILES string of the molecule is CS(=O)(=O)CC[C@H](NC1CSCC1O)C(=O)[O-].[Na+]. The second-order valence-corrected chi connectivity index (χ2v) is 7.50. The van der Waals surface area contributed by atoms with Gasteiger partial charge in [0.2, 0.25) is 0 Å². The minimum absolute atomic E-state index is 0. The monoisotopic (exact) mass is 305 g/mol. The summed E-state index contributed by atoms with van der Waals surface area (Å²) in [5.41, 5.74) is 0. The molecule has 6 nitrogen and oxygen atoms in total. The molecule has 0 aromatic rings. The van der Waals surface area contributed by atoms with Crippen LogP contribution >= 0.6 is 11.8 Å². The summed E-state index contributed by atoms with van der Waals surface area (Å²) in [5.74, 6) is -0.375. The molecule has 0 radical (unpaired) electrons. The van der Waals surface area contributed by atoms with Gasteiger partial charge in [-0.3, -0.25) is 0 Å². The molecule has 100 valence electrons. The summed E-state index contributed by atoms with van der Waals surface area (Å²) in [6.45, 7) is 0. The number of thioether (sulfide) groups is 1. The number of carboxylic acid groups (broad SMARTS) is 1. The molecule has 1 aliphatic rings. The minimum atomic E-state index is -3.20. The zero-order valence-electron chi connectivity index (χ0n) is 10.5. The van der Waals surface area contributed by atoms with Crippen LogP contribution in [-0.2, 0) is 14.6 Å². The number of carboxylic acids is 1. The number of hydrogen-bond acceptors (Lipinski definition) is 7. The van der Waals surface area contributed by atoms with Gasteiger partial charge in [-0.2, -0.15) is 11.8 Å². The zero-order chi connectivity index (χ0) is 13.1. The van der Waals surface area contributed by atoms with Crippen molar-refractivity contribution in [2.75, 3.05) is 23.5 Å². The molecule has 1 fully saturated rings. The van der Waals surface area contributed by atoms with E-state index < -0.39 is 28.0 Å². The van der Waals surface area contributed by atoms with Crippen LogP contribution in [0, 0.1) is 0 Å². The maximum absolute atomic E-state index is 11.0. The maximum Gasteiger partial charge on any atom is 1.00 e. The number of aliphatic hydroxyl groups is 1. The van der Waals surface area contributed by atoms with Crippen LogP contribution in [0.5, 0.6) is 0 Å². The molecule has 0 amide bonds. The van der Waals surface area contributed by atoms with Crippen molar-refractivity contribution in [2.45, 2.75) is 24.6 Å². The average molecular weight is 305 g/mol. The average Bonchev–Trinajstić information content (AvgIpc) is 2.56. The van der Waals surface area contributed by atoms with Gasteiger partial charge in [0.05, 0.1) is 17.8 Å². The molecule has 3 atom stereocenters. The van der Waals surface area contributed by atoms with Crippen molar-refractivity contribution < 1.29 is 53.0 Å². The van der Waals surface area contributed by atoms with Crippen LogP contribution in [0.15, 0.2) is 0 Å².